The minimum Gasteiger partial charge on any atom is -0.489 e. The average Bonchev–Trinajstić information content (AvgIpc) is 3.55. The Bertz CT molecular complexity index is 1580. The summed E-state index contributed by atoms with van der Waals surface area (Å²) in [4.78, 5) is 25.2. The van der Waals surface area contributed by atoms with E-state index in [2.05, 4.69) is 24.5 Å². The first-order chi connectivity index (χ1) is 22.1. The smallest absolute Gasteiger partial charge is 0.489 e. The molecule has 3 aromatic rings. The van der Waals surface area contributed by atoms with Crippen molar-refractivity contribution in [1.29, 1.82) is 0 Å². The molecule has 4 atom stereocenters. The molecule has 2 aromatic carbocycles. The van der Waals surface area contributed by atoms with E-state index in [-0.39, 0.29) is 30.3 Å². The number of nitrogen functional groups attached to an aromatic ring is 1. The first-order valence-electron chi connectivity index (χ1n) is 15.7. The summed E-state index contributed by atoms with van der Waals surface area (Å²) in [5.41, 5.74) is 10.9. The summed E-state index contributed by atoms with van der Waals surface area (Å²) >= 11 is 0. The Kier molecular flexibility index (Phi) is 8.14. The molecule has 4 aliphatic rings. The molecule has 10 nitrogen and oxygen atoms in total. The van der Waals surface area contributed by atoms with Gasteiger partial charge >= 0.3 is 12.3 Å². The Morgan fingerprint density at radius 2 is 1.70 bits per heavy atom. The van der Waals surface area contributed by atoms with Crippen LogP contribution in [0.2, 0.25) is 0 Å². The van der Waals surface area contributed by atoms with Gasteiger partial charge in [0.1, 0.15) is 23.9 Å². The number of carboxylic acids is 1. The Labute approximate surface area is 264 Å². The van der Waals surface area contributed by atoms with E-state index < -0.39 is 12.3 Å². The van der Waals surface area contributed by atoms with Crippen LogP contribution < -0.4 is 20.1 Å². The number of anilines is 2. The molecule has 2 heterocycles. The maximum atomic E-state index is 12.4. The number of aryl methyl sites for hydroxylation is 1. The van der Waals surface area contributed by atoms with E-state index >= 15 is 0 Å². The van der Waals surface area contributed by atoms with Crippen molar-refractivity contribution in [3.63, 3.8) is 0 Å². The Morgan fingerprint density at radius 1 is 0.978 bits per heavy atom. The van der Waals surface area contributed by atoms with E-state index in [1.807, 2.05) is 18.2 Å². The highest BCUT2D eigenvalue weighted by Gasteiger charge is 2.60. The van der Waals surface area contributed by atoms with Crippen LogP contribution in [0.3, 0.4) is 0 Å². The average molecular weight is 640 g/mol. The van der Waals surface area contributed by atoms with Gasteiger partial charge in [0, 0.05) is 43.9 Å². The fourth-order valence-corrected chi connectivity index (χ4v) is 7.34. The Morgan fingerprint density at radius 3 is 2.39 bits per heavy atom. The minimum absolute atomic E-state index is 0.146. The van der Waals surface area contributed by atoms with Crippen molar-refractivity contribution < 1.29 is 37.3 Å². The number of carbonyl (C=O) groups is 1. The van der Waals surface area contributed by atoms with Crippen LogP contribution >= 0.6 is 0 Å². The molecule has 1 aromatic heterocycles. The summed E-state index contributed by atoms with van der Waals surface area (Å²) in [5.74, 6) is 1.32. The predicted octanol–water partition coefficient (Wildman–Crippen LogP) is 4.55. The van der Waals surface area contributed by atoms with Gasteiger partial charge in [0.05, 0.1) is 24.3 Å². The normalized spacial score (nSPS) is 23.8. The Balaban J connectivity index is 0.932. The minimum atomic E-state index is -4.73. The number of fused-ring (bicyclic) bond motifs is 4. The number of piperazine rings is 1. The standard InChI is InChI=1S/C33H36F3N5O5/c34-33(35,36)46-21-4-1-19(2-5-21)18-45-22-6-8-24-20(15-22)3-7-25-29(24)38-32(37)39-30(25)41-11-9-40(10-12-41)13-14-44-23-16-26-27(17-23)28(26)31(42)43/h1-2,4-6,8,15,23,26-28H,3,7,9-14,16-18H2,(H,42,43)(H2,37,38,39)/t23-,26+,27-,28+. The summed E-state index contributed by atoms with van der Waals surface area (Å²) in [6, 6.07) is 11.5. The van der Waals surface area contributed by atoms with Crippen LogP contribution in [-0.2, 0) is 29.0 Å². The number of nitrogens with two attached hydrogens (primary N) is 1. The van der Waals surface area contributed by atoms with E-state index in [0.717, 1.165) is 92.2 Å². The highest BCUT2D eigenvalue weighted by molar-refractivity contribution is 5.76. The van der Waals surface area contributed by atoms with Gasteiger partial charge in [-0.3, -0.25) is 9.69 Å². The zero-order chi connectivity index (χ0) is 32.0. The van der Waals surface area contributed by atoms with Gasteiger partial charge in [-0.15, -0.1) is 13.2 Å². The van der Waals surface area contributed by atoms with Crippen LogP contribution in [0.5, 0.6) is 11.5 Å². The molecule has 0 radical (unpaired) electrons. The summed E-state index contributed by atoms with van der Waals surface area (Å²) in [6.45, 7) is 5.11. The fourth-order valence-electron chi connectivity index (χ4n) is 7.34. The third-order valence-electron chi connectivity index (χ3n) is 9.66. The lowest BCUT2D eigenvalue weighted by atomic mass is 9.88. The second-order valence-electron chi connectivity index (χ2n) is 12.5. The lowest BCUT2D eigenvalue weighted by molar-refractivity contribution is -0.274. The lowest BCUT2D eigenvalue weighted by Gasteiger charge is -2.37. The van der Waals surface area contributed by atoms with Gasteiger partial charge < -0.3 is 30.0 Å². The molecular weight excluding hydrogens is 603 g/mol. The molecular formula is C33H36F3N5O5. The largest absolute Gasteiger partial charge is 0.573 e. The lowest BCUT2D eigenvalue weighted by Crippen LogP contribution is -2.48. The molecule has 3 N–H and O–H groups in total. The number of aliphatic carboxylic acids is 1. The van der Waals surface area contributed by atoms with E-state index in [1.165, 1.54) is 12.1 Å². The predicted molar refractivity (Wildman–Crippen MR) is 162 cm³/mol. The maximum absolute atomic E-state index is 12.4. The number of alkyl halides is 3. The Hall–Kier alpha value is -4.10. The first kappa shape index (κ1) is 30.5. The van der Waals surface area contributed by atoms with Crippen molar-refractivity contribution in [2.75, 3.05) is 50.0 Å². The topological polar surface area (TPSA) is 123 Å². The fraction of sp³-hybridized carbons (Fsp3) is 0.485. The second-order valence-corrected chi connectivity index (χ2v) is 12.5. The van der Waals surface area contributed by atoms with Crippen LogP contribution in [-0.4, -0.2) is 77.7 Å². The number of rotatable bonds is 10. The molecule has 3 fully saturated rings. The molecule has 244 valence electrons. The SMILES string of the molecule is Nc1nc2c(c(N3CCN(CCO[C@H]4C[C@@H]5[C@H](C4)[C@@H]5C(=O)O)CC3)n1)CCc1cc(OCc3ccc(OC(F)(F)F)cc3)ccc1-2. The van der Waals surface area contributed by atoms with Gasteiger partial charge in [-0.2, -0.15) is 4.98 Å². The molecule has 0 spiro atoms. The van der Waals surface area contributed by atoms with Crippen molar-refractivity contribution in [2.24, 2.45) is 17.8 Å². The van der Waals surface area contributed by atoms with Crippen molar-refractivity contribution in [3.05, 3.63) is 59.2 Å². The number of carboxylic acid groups (broad SMARTS) is 1. The molecule has 0 unspecified atom stereocenters. The number of hydrogen-bond donors (Lipinski definition) is 2. The van der Waals surface area contributed by atoms with Crippen molar-refractivity contribution >= 4 is 17.7 Å². The molecule has 46 heavy (non-hydrogen) atoms. The third-order valence-corrected chi connectivity index (χ3v) is 9.66. The van der Waals surface area contributed by atoms with E-state index in [4.69, 9.17) is 15.2 Å². The zero-order valence-electron chi connectivity index (χ0n) is 25.2. The monoisotopic (exact) mass is 639 g/mol. The van der Waals surface area contributed by atoms with Gasteiger partial charge in [0.25, 0.3) is 0 Å². The number of ether oxygens (including phenoxy) is 3. The quantitative estimate of drug-likeness (QED) is 0.327. The van der Waals surface area contributed by atoms with Crippen molar-refractivity contribution in [1.82, 2.24) is 14.9 Å². The molecule has 7 rings (SSSR count). The molecule has 0 bridgehead atoms. The summed E-state index contributed by atoms with van der Waals surface area (Å²) in [7, 11) is 0. The number of aromatic nitrogens is 2. The van der Waals surface area contributed by atoms with Crippen LogP contribution in [0, 0.1) is 17.8 Å². The van der Waals surface area contributed by atoms with Crippen LogP contribution in [0.4, 0.5) is 24.9 Å². The summed E-state index contributed by atoms with van der Waals surface area (Å²) in [6.07, 6.45) is -1.24. The van der Waals surface area contributed by atoms with Crippen LogP contribution in [0.25, 0.3) is 11.3 Å². The first-order valence-corrected chi connectivity index (χ1v) is 15.7. The van der Waals surface area contributed by atoms with Gasteiger partial charge in [-0.25, -0.2) is 4.98 Å². The van der Waals surface area contributed by atoms with E-state index in [0.29, 0.717) is 24.2 Å². The number of nitrogens with zero attached hydrogens (tertiary/aromatic N) is 4. The third kappa shape index (κ3) is 6.57. The van der Waals surface area contributed by atoms with E-state index in [1.54, 1.807) is 12.1 Å². The van der Waals surface area contributed by atoms with Crippen molar-refractivity contribution in [2.45, 2.75) is 44.8 Å². The maximum Gasteiger partial charge on any atom is 0.573 e. The molecule has 0 amide bonds. The highest BCUT2D eigenvalue weighted by Crippen LogP contribution is 2.58. The number of hydrogen-bond acceptors (Lipinski definition) is 9. The molecule has 1 aliphatic heterocycles. The second kappa shape index (κ2) is 12.3. The summed E-state index contributed by atoms with van der Waals surface area (Å²) in [5, 5.41) is 9.21. The van der Waals surface area contributed by atoms with Crippen LogP contribution in [0.1, 0.15) is 29.5 Å². The van der Waals surface area contributed by atoms with E-state index in [9.17, 15) is 23.1 Å². The number of halogens is 3. The van der Waals surface area contributed by atoms with Crippen molar-refractivity contribution in [3.8, 4) is 22.8 Å². The van der Waals surface area contributed by atoms with Gasteiger partial charge in [-0.05, 0) is 79.0 Å². The zero-order valence-corrected chi connectivity index (χ0v) is 25.2. The molecule has 2 saturated carbocycles. The highest BCUT2D eigenvalue weighted by atomic mass is 19.4. The summed E-state index contributed by atoms with van der Waals surface area (Å²) < 4.78 is 53.3. The van der Waals surface area contributed by atoms with Gasteiger partial charge in [0.15, 0.2) is 0 Å². The van der Waals surface area contributed by atoms with Gasteiger partial charge in [0.2, 0.25) is 5.95 Å². The molecule has 13 heteroatoms. The van der Waals surface area contributed by atoms with Gasteiger partial charge in [-0.1, -0.05) is 12.1 Å². The number of benzene rings is 2. The molecule has 1 saturated heterocycles. The molecule has 3 aliphatic carbocycles. The van der Waals surface area contributed by atoms with Crippen LogP contribution in [0.15, 0.2) is 42.5 Å².